The Morgan fingerprint density at radius 2 is 2.50 bits per heavy atom. The van der Waals surface area contributed by atoms with Crippen LogP contribution in [0.5, 0.6) is 0 Å². The van der Waals surface area contributed by atoms with E-state index in [2.05, 4.69) is 22.4 Å². The molecular weight excluding hydrogens is 182 g/mol. The largest absolute Gasteiger partial charge is 0.369 e. The third-order valence-corrected chi connectivity index (χ3v) is 1.74. The summed E-state index contributed by atoms with van der Waals surface area (Å²) in [5, 5.41) is 10.6. The smallest absolute Gasteiger partial charge is 0.231 e. The van der Waals surface area contributed by atoms with Gasteiger partial charge >= 0.3 is 0 Å². The van der Waals surface area contributed by atoms with Gasteiger partial charge in [0.1, 0.15) is 12.2 Å². The van der Waals surface area contributed by atoms with Gasteiger partial charge in [-0.3, -0.25) is 4.79 Å². The zero-order chi connectivity index (χ0) is 10.4. The van der Waals surface area contributed by atoms with Crippen molar-refractivity contribution in [2.45, 2.75) is 26.4 Å². The van der Waals surface area contributed by atoms with Crippen LogP contribution in [0.3, 0.4) is 0 Å². The zero-order valence-electron chi connectivity index (χ0n) is 8.23. The quantitative estimate of drug-likeness (QED) is 0.629. The van der Waals surface area contributed by atoms with E-state index in [4.69, 9.17) is 5.73 Å². The number of amides is 1. The molecule has 0 spiro atoms. The van der Waals surface area contributed by atoms with Crippen LogP contribution in [0.1, 0.15) is 19.2 Å². The number of hydrogen-bond acceptors (Lipinski definition) is 4. The highest BCUT2D eigenvalue weighted by atomic mass is 16.1. The molecule has 1 heterocycles. The summed E-state index contributed by atoms with van der Waals surface area (Å²) in [7, 11) is 0. The summed E-state index contributed by atoms with van der Waals surface area (Å²) in [4.78, 5) is 10.5. The fourth-order valence-corrected chi connectivity index (χ4v) is 1.14. The highest BCUT2D eigenvalue weighted by molar-refractivity contribution is 5.75. The number of nitrogens with zero attached hydrogens (tertiary/aromatic N) is 3. The number of hydrogen-bond donors (Lipinski definition) is 2. The van der Waals surface area contributed by atoms with Crippen molar-refractivity contribution < 1.29 is 4.79 Å². The summed E-state index contributed by atoms with van der Waals surface area (Å²) in [5.74, 6) is 0.458. The molecule has 0 fully saturated rings. The lowest BCUT2D eigenvalue weighted by Crippen LogP contribution is -2.29. The molecule has 0 radical (unpaired) electrons. The van der Waals surface area contributed by atoms with Crippen molar-refractivity contribution >= 4 is 5.91 Å². The van der Waals surface area contributed by atoms with Crippen LogP contribution in [0.25, 0.3) is 0 Å². The Balaban J connectivity index is 2.41. The molecule has 1 aromatic heterocycles. The molecule has 3 N–H and O–H groups in total. The topological polar surface area (TPSA) is 85.8 Å². The number of primary amides is 1. The van der Waals surface area contributed by atoms with Crippen LogP contribution in [-0.2, 0) is 17.9 Å². The molecule has 0 unspecified atom stereocenters. The van der Waals surface area contributed by atoms with Crippen molar-refractivity contribution in [1.82, 2.24) is 20.1 Å². The molecule has 78 valence electrons. The highest BCUT2D eigenvalue weighted by Crippen LogP contribution is 1.95. The van der Waals surface area contributed by atoms with E-state index in [0.717, 1.165) is 18.8 Å². The van der Waals surface area contributed by atoms with Gasteiger partial charge in [0.25, 0.3) is 0 Å². The van der Waals surface area contributed by atoms with Gasteiger partial charge in [0.15, 0.2) is 0 Å². The average molecular weight is 197 g/mol. The lowest BCUT2D eigenvalue weighted by atomic mass is 10.4. The van der Waals surface area contributed by atoms with Crippen LogP contribution in [0.2, 0.25) is 0 Å². The SMILES string of the molecule is CCCn1cnnc1CNCC(N)=O. The Bertz CT molecular complexity index is 296. The molecule has 1 aromatic rings. The van der Waals surface area contributed by atoms with Gasteiger partial charge in [-0.1, -0.05) is 6.92 Å². The molecule has 0 aliphatic carbocycles. The maximum absolute atomic E-state index is 10.5. The summed E-state index contributed by atoms with van der Waals surface area (Å²) >= 11 is 0. The van der Waals surface area contributed by atoms with Crippen molar-refractivity contribution in [2.24, 2.45) is 5.73 Å². The van der Waals surface area contributed by atoms with E-state index in [1.54, 1.807) is 6.33 Å². The second-order valence-corrected chi connectivity index (χ2v) is 3.01. The fourth-order valence-electron chi connectivity index (χ4n) is 1.14. The maximum Gasteiger partial charge on any atom is 0.231 e. The minimum Gasteiger partial charge on any atom is -0.369 e. The second-order valence-electron chi connectivity index (χ2n) is 3.01. The lowest BCUT2D eigenvalue weighted by Gasteiger charge is -2.04. The Kier molecular flexibility index (Phi) is 4.06. The number of carbonyl (C=O) groups excluding carboxylic acids is 1. The molecule has 0 atom stereocenters. The van der Waals surface area contributed by atoms with Crippen molar-refractivity contribution in [3.05, 3.63) is 12.2 Å². The van der Waals surface area contributed by atoms with E-state index in [9.17, 15) is 4.79 Å². The van der Waals surface area contributed by atoms with Gasteiger partial charge in [0.2, 0.25) is 5.91 Å². The predicted molar refractivity (Wildman–Crippen MR) is 51.2 cm³/mol. The summed E-state index contributed by atoms with van der Waals surface area (Å²) in [5.41, 5.74) is 4.98. The van der Waals surface area contributed by atoms with Crippen LogP contribution in [0.4, 0.5) is 0 Å². The fraction of sp³-hybridized carbons (Fsp3) is 0.625. The first-order chi connectivity index (χ1) is 6.74. The molecule has 0 aliphatic rings. The van der Waals surface area contributed by atoms with E-state index >= 15 is 0 Å². The van der Waals surface area contributed by atoms with Gasteiger partial charge in [-0.2, -0.15) is 0 Å². The minimum absolute atomic E-state index is 0.166. The second kappa shape index (κ2) is 5.33. The van der Waals surface area contributed by atoms with Gasteiger partial charge in [0, 0.05) is 6.54 Å². The van der Waals surface area contributed by atoms with Gasteiger partial charge in [0.05, 0.1) is 13.1 Å². The van der Waals surface area contributed by atoms with E-state index in [0.29, 0.717) is 6.54 Å². The molecular formula is C8H15N5O. The van der Waals surface area contributed by atoms with E-state index < -0.39 is 0 Å². The molecule has 0 aromatic carbocycles. The number of aromatic nitrogens is 3. The van der Waals surface area contributed by atoms with Crippen LogP contribution in [-0.4, -0.2) is 27.2 Å². The van der Waals surface area contributed by atoms with E-state index in [-0.39, 0.29) is 12.5 Å². The normalized spacial score (nSPS) is 10.4. The first-order valence-electron chi connectivity index (χ1n) is 4.59. The first kappa shape index (κ1) is 10.6. The molecule has 6 nitrogen and oxygen atoms in total. The van der Waals surface area contributed by atoms with Crippen LogP contribution in [0, 0.1) is 0 Å². The number of nitrogens with one attached hydrogen (secondary N) is 1. The van der Waals surface area contributed by atoms with Crippen molar-refractivity contribution in [3.63, 3.8) is 0 Å². The zero-order valence-corrected chi connectivity index (χ0v) is 8.23. The van der Waals surface area contributed by atoms with Gasteiger partial charge in [-0.15, -0.1) is 10.2 Å². The standard InChI is InChI=1S/C8H15N5O/c1-2-3-13-6-11-12-8(13)5-10-4-7(9)14/h6,10H,2-5H2,1H3,(H2,9,14). The molecule has 6 heteroatoms. The molecule has 1 rings (SSSR count). The van der Waals surface area contributed by atoms with Crippen LogP contribution in [0.15, 0.2) is 6.33 Å². The Labute approximate surface area is 82.5 Å². The summed E-state index contributed by atoms with van der Waals surface area (Å²) in [6, 6.07) is 0. The highest BCUT2D eigenvalue weighted by Gasteiger charge is 2.02. The number of carbonyl (C=O) groups is 1. The van der Waals surface area contributed by atoms with E-state index in [1.807, 2.05) is 4.57 Å². The molecule has 0 bridgehead atoms. The maximum atomic E-state index is 10.5. The van der Waals surface area contributed by atoms with Gasteiger partial charge in [-0.05, 0) is 6.42 Å². The van der Waals surface area contributed by atoms with Gasteiger partial charge < -0.3 is 15.6 Å². The Hall–Kier alpha value is -1.43. The predicted octanol–water partition coefficient (Wildman–Crippen LogP) is -0.737. The monoisotopic (exact) mass is 197 g/mol. The summed E-state index contributed by atoms with van der Waals surface area (Å²) in [6.45, 7) is 3.66. The van der Waals surface area contributed by atoms with E-state index in [1.165, 1.54) is 0 Å². The van der Waals surface area contributed by atoms with Crippen molar-refractivity contribution in [1.29, 1.82) is 0 Å². The summed E-state index contributed by atoms with van der Waals surface area (Å²) < 4.78 is 1.95. The molecule has 0 aliphatic heterocycles. The van der Waals surface area contributed by atoms with Crippen LogP contribution >= 0.6 is 0 Å². The van der Waals surface area contributed by atoms with Crippen LogP contribution < -0.4 is 11.1 Å². The minimum atomic E-state index is -0.369. The Morgan fingerprint density at radius 3 is 3.14 bits per heavy atom. The average Bonchev–Trinajstić information content (AvgIpc) is 2.53. The third-order valence-electron chi connectivity index (χ3n) is 1.74. The van der Waals surface area contributed by atoms with Gasteiger partial charge in [-0.25, -0.2) is 0 Å². The Morgan fingerprint density at radius 1 is 1.71 bits per heavy atom. The number of aryl methyl sites for hydroxylation is 1. The first-order valence-corrected chi connectivity index (χ1v) is 4.59. The van der Waals surface area contributed by atoms with Crippen molar-refractivity contribution in [2.75, 3.05) is 6.54 Å². The lowest BCUT2D eigenvalue weighted by molar-refractivity contribution is -0.117. The van der Waals surface area contributed by atoms with Crippen molar-refractivity contribution in [3.8, 4) is 0 Å². The number of nitrogens with two attached hydrogens (primary N) is 1. The molecule has 14 heavy (non-hydrogen) atoms. The summed E-state index contributed by atoms with van der Waals surface area (Å²) in [6.07, 6.45) is 2.71. The molecule has 1 amide bonds. The third kappa shape index (κ3) is 3.14. The number of rotatable bonds is 6. The molecule has 0 saturated carbocycles. The molecule has 0 saturated heterocycles.